The molecular formula is C22H36N6O4S. The van der Waals surface area contributed by atoms with Crippen molar-refractivity contribution in [2.24, 2.45) is 5.84 Å². The molecule has 0 aliphatic carbocycles. The van der Waals surface area contributed by atoms with Gasteiger partial charge in [-0.25, -0.2) is 0 Å². The summed E-state index contributed by atoms with van der Waals surface area (Å²) in [6.07, 6.45) is 2.41. The Bertz CT molecular complexity index is 765. The minimum Gasteiger partial charge on any atom is -0.354 e. The summed E-state index contributed by atoms with van der Waals surface area (Å²) in [6.45, 7) is 1.82. The van der Waals surface area contributed by atoms with E-state index in [1.165, 1.54) is 0 Å². The topological polar surface area (TPSA) is 154 Å². The van der Waals surface area contributed by atoms with Gasteiger partial charge in [-0.2, -0.15) is 12.6 Å². The fourth-order valence-corrected chi connectivity index (χ4v) is 3.48. The smallest absolute Gasteiger partial charge is 0.243 e. The number of benzene rings is 1. The van der Waals surface area contributed by atoms with Gasteiger partial charge in [-0.15, -0.1) is 0 Å². The van der Waals surface area contributed by atoms with E-state index in [9.17, 15) is 19.2 Å². The van der Waals surface area contributed by atoms with E-state index in [0.29, 0.717) is 19.4 Å². The standard InChI is InChI=1S/C22H36N6O4S/c1-15(29)17(24-2)10-6-7-11-25-21(31)19(14-33)28-22(32)18(27-20(30)13-26-23)12-16-8-4-3-5-9-16/h3-5,8-9,17-19,24,26,33H,6-7,10-14,23H2,1-2H3,(H,25,31)(H,27,30)(H,28,32). The highest BCUT2D eigenvalue weighted by atomic mass is 32.1. The van der Waals surface area contributed by atoms with Gasteiger partial charge in [-0.05, 0) is 38.8 Å². The van der Waals surface area contributed by atoms with Gasteiger partial charge in [0.05, 0.1) is 12.6 Å². The van der Waals surface area contributed by atoms with Crippen molar-refractivity contribution in [2.75, 3.05) is 25.9 Å². The first-order chi connectivity index (χ1) is 15.8. The quantitative estimate of drug-likeness (QED) is 0.0697. The second-order valence-corrected chi connectivity index (χ2v) is 8.04. The molecule has 3 amide bonds. The highest BCUT2D eigenvalue weighted by Crippen LogP contribution is 2.05. The van der Waals surface area contributed by atoms with E-state index in [1.807, 2.05) is 30.3 Å². The first-order valence-electron chi connectivity index (χ1n) is 11.0. The van der Waals surface area contributed by atoms with E-state index in [-0.39, 0.29) is 36.5 Å². The van der Waals surface area contributed by atoms with Gasteiger partial charge in [0.15, 0.2) is 0 Å². The number of nitrogens with one attached hydrogen (secondary N) is 5. The highest BCUT2D eigenvalue weighted by molar-refractivity contribution is 7.80. The molecule has 0 aromatic heterocycles. The van der Waals surface area contributed by atoms with Gasteiger partial charge in [0.2, 0.25) is 17.7 Å². The Morgan fingerprint density at radius 2 is 1.67 bits per heavy atom. The minimum atomic E-state index is -0.881. The van der Waals surface area contributed by atoms with E-state index < -0.39 is 23.9 Å². The lowest BCUT2D eigenvalue weighted by atomic mass is 10.0. The largest absolute Gasteiger partial charge is 0.354 e. The fraction of sp³-hybridized carbons (Fsp3) is 0.545. The van der Waals surface area contributed by atoms with Crippen molar-refractivity contribution in [3.63, 3.8) is 0 Å². The molecule has 0 fully saturated rings. The molecule has 3 atom stereocenters. The lowest BCUT2D eigenvalue weighted by Crippen LogP contribution is -2.56. The molecule has 1 rings (SSSR count). The number of carbonyl (C=O) groups excluding carboxylic acids is 4. The maximum Gasteiger partial charge on any atom is 0.243 e. The van der Waals surface area contributed by atoms with Crippen LogP contribution in [0.4, 0.5) is 0 Å². The first kappa shape index (κ1) is 28.6. The number of amides is 3. The van der Waals surface area contributed by atoms with Gasteiger partial charge in [-0.3, -0.25) is 30.4 Å². The molecule has 0 spiro atoms. The molecule has 0 bridgehead atoms. The van der Waals surface area contributed by atoms with Crippen LogP contribution < -0.4 is 32.5 Å². The van der Waals surface area contributed by atoms with Crippen LogP contribution >= 0.6 is 12.6 Å². The maximum absolute atomic E-state index is 12.9. The number of thiol groups is 1. The highest BCUT2D eigenvalue weighted by Gasteiger charge is 2.26. The molecule has 0 saturated heterocycles. The number of nitrogens with two attached hydrogens (primary N) is 1. The SMILES string of the molecule is CNC(CCCCNC(=O)C(CS)NC(=O)C(Cc1ccccc1)NC(=O)CNN)C(C)=O. The van der Waals surface area contributed by atoms with Crippen LogP contribution in [0.5, 0.6) is 0 Å². The number of hydrogen-bond acceptors (Lipinski definition) is 8. The number of likely N-dealkylation sites (N-methyl/N-ethyl adjacent to an activating group) is 1. The zero-order valence-electron chi connectivity index (χ0n) is 19.2. The van der Waals surface area contributed by atoms with Crippen LogP contribution in [0.3, 0.4) is 0 Å². The molecule has 0 saturated carbocycles. The predicted molar refractivity (Wildman–Crippen MR) is 130 cm³/mol. The average molecular weight is 481 g/mol. The van der Waals surface area contributed by atoms with E-state index in [4.69, 9.17) is 5.84 Å². The molecule has 0 heterocycles. The number of unbranched alkanes of at least 4 members (excludes halogenated alkanes) is 1. The van der Waals surface area contributed by atoms with Crippen molar-refractivity contribution in [3.8, 4) is 0 Å². The second-order valence-electron chi connectivity index (χ2n) is 7.67. The molecule has 3 unspecified atom stereocenters. The van der Waals surface area contributed by atoms with Gasteiger partial charge < -0.3 is 21.3 Å². The van der Waals surface area contributed by atoms with Crippen LogP contribution in [0, 0.1) is 0 Å². The number of hydrazine groups is 1. The molecule has 0 aliphatic rings. The zero-order chi connectivity index (χ0) is 24.6. The number of hydrogen-bond donors (Lipinski definition) is 7. The number of Topliss-reactive ketones (excluding diaryl/α,β-unsaturated/α-hetero) is 1. The summed E-state index contributed by atoms with van der Waals surface area (Å²) in [6, 6.07) is 7.31. The van der Waals surface area contributed by atoms with Gasteiger partial charge in [0.25, 0.3) is 0 Å². The third kappa shape index (κ3) is 11.3. The van der Waals surface area contributed by atoms with Gasteiger partial charge >= 0.3 is 0 Å². The molecule has 184 valence electrons. The maximum atomic E-state index is 12.9. The zero-order valence-corrected chi connectivity index (χ0v) is 20.1. The Labute approximate surface area is 200 Å². The average Bonchev–Trinajstić information content (AvgIpc) is 2.79. The van der Waals surface area contributed by atoms with Crippen molar-refractivity contribution in [1.82, 2.24) is 26.7 Å². The summed E-state index contributed by atoms with van der Waals surface area (Å²) in [5.74, 6) is 4.08. The second kappa shape index (κ2) is 16.2. The molecule has 7 N–H and O–H groups in total. The van der Waals surface area contributed by atoms with Crippen LogP contribution in [0.15, 0.2) is 30.3 Å². The van der Waals surface area contributed by atoms with Crippen LogP contribution in [0.25, 0.3) is 0 Å². The monoisotopic (exact) mass is 480 g/mol. The molecule has 1 aromatic rings. The molecule has 11 heteroatoms. The van der Waals surface area contributed by atoms with Crippen LogP contribution in [-0.2, 0) is 25.6 Å². The summed E-state index contributed by atoms with van der Waals surface area (Å²) in [5.41, 5.74) is 3.11. The Kier molecular flexibility index (Phi) is 14.0. The molecule has 10 nitrogen and oxygen atoms in total. The number of ketones is 1. The van der Waals surface area contributed by atoms with Gasteiger partial charge in [-0.1, -0.05) is 30.3 Å². The fourth-order valence-electron chi connectivity index (χ4n) is 3.22. The van der Waals surface area contributed by atoms with Crippen molar-refractivity contribution >= 4 is 36.1 Å². The third-order valence-electron chi connectivity index (χ3n) is 5.07. The summed E-state index contributed by atoms with van der Waals surface area (Å²) in [4.78, 5) is 48.8. The summed E-state index contributed by atoms with van der Waals surface area (Å²) in [5, 5.41) is 11.1. The third-order valence-corrected chi connectivity index (χ3v) is 5.44. The first-order valence-corrected chi connectivity index (χ1v) is 11.6. The lowest BCUT2D eigenvalue weighted by molar-refractivity contribution is -0.131. The Balaban J connectivity index is 2.62. The Hall–Kier alpha value is -2.47. The van der Waals surface area contributed by atoms with Crippen molar-refractivity contribution in [2.45, 2.75) is 50.7 Å². The molecule has 33 heavy (non-hydrogen) atoms. The van der Waals surface area contributed by atoms with Gasteiger partial charge in [0, 0.05) is 18.7 Å². The van der Waals surface area contributed by atoms with Gasteiger partial charge in [0.1, 0.15) is 17.9 Å². The van der Waals surface area contributed by atoms with Crippen molar-refractivity contribution < 1.29 is 19.2 Å². The Morgan fingerprint density at radius 1 is 0.970 bits per heavy atom. The lowest BCUT2D eigenvalue weighted by Gasteiger charge is -2.22. The summed E-state index contributed by atoms with van der Waals surface area (Å²) in [7, 11) is 1.74. The molecule has 0 aliphatic heterocycles. The molecule has 1 aromatic carbocycles. The Morgan fingerprint density at radius 3 is 2.24 bits per heavy atom. The van der Waals surface area contributed by atoms with E-state index in [0.717, 1.165) is 12.0 Å². The summed E-state index contributed by atoms with van der Waals surface area (Å²) < 4.78 is 0. The van der Waals surface area contributed by atoms with Crippen LogP contribution in [0.1, 0.15) is 31.7 Å². The van der Waals surface area contributed by atoms with E-state index in [1.54, 1.807) is 14.0 Å². The van der Waals surface area contributed by atoms with E-state index >= 15 is 0 Å². The molecular weight excluding hydrogens is 444 g/mol. The van der Waals surface area contributed by atoms with E-state index in [2.05, 4.69) is 39.3 Å². The molecule has 0 radical (unpaired) electrons. The van der Waals surface area contributed by atoms with Crippen LogP contribution in [-0.4, -0.2) is 67.5 Å². The number of carbonyl (C=O) groups is 4. The minimum absolute atomic E-state index is 0.0822. The predicted octanol–water partition coefficient (Wildman–Crippen LogP) is -0.945. The summed E-state index contributed by atoms with van der Waals surface area (Å²) >= 11 is 4.19. The van der Waals surface area contributed by atoms with Crippen molar-refractivity contribution in [3.05, 3.63) is 35.9 Å². The normalized spacial score (nSPS) is 13.5. The van der Waals surface area contributed by atoms with Crippen LogP contribution in [0.2, 0.25) is 0 Å². The number of rotatable bonds is 16. The van der Waals surface area contributed by atoms with Crippen molar-refractivity contribution in [1.29, 1.82) is 0 Å².